The molecule has 0 radical (unpaired) electrons. The number of nitrogens with one attached hydrogen (secondary N) is 1. The van der Waals surface area contributed by atoms with Gasteiger partial charge in [0.25, 0.3) is 11.7 Å². The van der Waals surface area contributed by atoms with Gasteiger partial charge in [0, 0.05) is 51.8 Å². The van der Waals surface area contributed by atoms with Crippen molar-refractivity contribution in [1.29, 1.82) is 0 Å². The highest BCUT2D eigenvalue weighted by Gasteiger charge is 2.52. The van der Waals surface area contributed by atoms with Crippen molar-refractivity contribution in [2.24, 2.45) is 5.16 Å². The Labute approximate surface area is 221 Å². The number of amidine groups is 1. The molecule has 10 nitrogen and oxygen atoms in total. The van der Waals surface area contributed by atoms with Crippen LogP contribution in [0.15, 0.2) is 47.8 Å². The van der Waals surface area contributed by atoms with E-state index < -0.39 is 11.8 Å². The third-order valence-corrected chi connectivity index (χ3v) is 7.32. The summed E-state index contributed by atoms with van der Waals surface area (Å²) in [6.45, 7) is 4.35. The normalized spacial score (nSPS) is 18.9. The predicted molar refractivity (Wildman–Crippen MR) is 139 cm³/mol. The zero-order chi connectivity index (χ0) is 25.8. The van der Waals surface area contributed by atoms with Gasteiger partial charge in [-0.25, -0.2) is 9.78 Å². The Balaban J connectivity index is 1.25. The van der Waals surface area contributed by atoms with Gasteiger partial charge in [-0.2, -0.15) is 0 Å². The van der Waals surface area contributed by atoms with Gasteiger partial charge in [0.1, 0.15) is 5.82 Å². The van der Waals surface area contributed by atoms with Crippen molar-refractivity contribution < 1.29 is 19.3 Å². The van der Waals surface area contributed by atoms with Gasteiger partial charge in [0.05, 0.1) is 5.02 Å². The average Bonchev–Trinajstić information content (AvgIpc) is 3.25. The van der Waals surface area contributed by atoms with Crippen molar-refractivity contribution in [3.05, 3.63) is 58.7 Å². The number of amides is 2. The Hall–Kier alpha value is -3.53. The van der Waals surface area contributed by atoms with Gasteiger partial charge in [-0.15, -0.1) is 5.06 Å². The molecule has 1 spiro atoms. The third-order valence-electron chi connectivity index (χ3n) is 7.03. The Morgan fingerprint density at radius 1 is 1.08 bits per heavy atom. The van der Waals surface area contributed by atoms with E-state index in [1.807, 2.05) is 31.2 Å². The van der Waals surface area contributed by atoms with Gasteiger partial charge in [0.2, 0.25) is 5.72 Å². The standard InChI is InChI=1S/C26H31ClN6O4/c1-19-7-9-20(10-8-19)18-29-25(35)36-33-23(30-37-26(33)11-3-2-4-12-26)24(34)32-16-14-31(15-17-32)22-21(27)6-5-13-28-22/h5-10,13H,2-4,11-12,14-18H2,1H3,(H,29,35). The summed E-state index contributed by atoms with van der Waals surface area (Å²) in [5.74, 6) is 0.367. The Morgan fingerprint density at radius 2 is 1.81 bits per heavy atom. The maximum atomic E-state index is 13.5. The number of aromatic nitrogens is 1. The summed E-state index contributed by atoms with van der Waals surface area (Å²) in [5, 5.41) is 8.79. The fourth-order valence-electron chi connectivity index (χ4n) is 4.91. The molecule has 1 saturated heterocycles. The molecule has 196 valence electrons. The van der Waals surface area contributed by atoms with Gasteiger partial charge in [-0.3, -0.25) is 4.79 Å². The van der Waals surface area contributed by atoms with E-state index in [9.17, 15) is 9.59 Å². The predicted octanol–water partition coefficient (Wildman–Crippen LogP) is 3.84. The summed E-state index contributed by atoms with van der Waals surface area (Å²) >= 11 is 6.30. The zero-order valence-electron chi connectivity index (χ0n) is 20.9. The number of nitrogens with zero attached hydrogens (tertiary/aromatic N) is 5. The molecule has 0 atom stereocenters. The van der Waals surface area contributed by atoms with Crippen LogP contribution in [-0.4, -0.2) is 64.7 Å². The molecule has 1 aliphatic carbocycles. The number of oxime groups is 1. The Bertz CT molecular complexity index is 1160. The first-order valence-corrected chi connectivity index (χ1v) is 13.1. The van der Waals surface area contributed by atoms with E-state index in [2.05, 4.69) is 20.4 Å². The van der Waals surface area contributed by atoms with Crippen molar-refractivity contribution in [3.63, 3.8) is 0 Å². The van der Waals surface area contributed by atoms with Crippen LogP contribution in [0.2, 0.25) is 5.02 Å². The first kappa shape index (κ1) is 25.1. The quantitative estimate of drug-likeness (QED) is 0.632. The second-order valence-electron chi connectivity index (χ2n) is 9.61. The minimum atomic E-state index is -0.951. The number of aryl methyl sites for hydroxylation is 1. The van der Waals surface area contributed by atoms with E-state index in [0.717, 1.165) is 30.4 Å². The van der Waals surface area contributed by atoms with Crippen LogP contribution in [0.5, 0.6) is 0 Å². The molecule has 0 bridgehead atoms. The molecule has 1 N–H and O–H groups in total. The Kier molecular flexibility index (Phi) is 7.36. The van der Waals surface area contributed by atoms with Gasteiger partial charge in [0.15, 0.2) is 0 Å². The first-order chi connectivity index (χ1) is 17.9. The second-order valence-corrected chi connectivity index (χ2v) is 10.0. The van der Waals surface area contributed by atoms with Crippen molar-refractivity contribution in [1.82, 2.24) is 20.3 Å². The highest BCUT2D eigenvalue weighted by Crippen LogP contribution is 2.39. The lowest BCUT2D eigenvalue weighted by Crippen LogP contribution is -2.57. The van der Waals surface area contributed by atoms with Gasteiger partial charge >= 0.3 is 6.09 Å². The molecule has 2 amide bonds. The number of benzene rings is 1. The van der Waals surface area contributed by atoms with Gasteiger partial charge in [-0.1, -0.05) is 53.0 Å². The maximum Gasteiger partial charge on any atom is 0.432 e. The maximum absolute atomic E-state index is 13.5. The topological polar surface area (TPSA) is 99.6 Å². The fraction of sp³-hybridized carbons (Fsp3) is 0.462. The van der Waals surface area contributed by atoms with Crippen LogP contribution in [0.3, 0.4) is 0 Å². The molecule has 0 unspecified atom stereocenters. The molecule has 1 saturated carbocycles. The molecule has 11 heteroatoms. The number of carbonyl (C=O) groups excluding carboxylic acids is 2. The van der Waals surface area contributed by atoms with Crippen molar-refractivity contribution in [2.45, 2.75) is 51.3 Å². The lowest BCUT2D eigenvalue weighted by atomic mass is 9.91. The molecule has 37 heavy (non-hydrogen) atoms. The fourth-order valence-corrected chi connectivity index (χ4v) is 5.16. The SMILES string of the molecule is Cc1ccc(CNC(=O)ON2C(C(=O)N3CCN(c4ncccc4Cl)CC3)=NOC23CCCCC3)cc1. The van der Waals surface area contributed by atoms with Crippen molar-refractivity contribution in [2.75, 3.05) is 31.1 Å². The molecule has 5 rings (SSSR count). The number of halogens is 1. The number of hydroxylamine groups is 2. The molecule has 3 heterocycles. The van der Waals surface area contributed by atoms with Gasteiger partial charge in [-0.05, 0) is 37.5 Å². The molecular weight excluding hydrogens is 496 g/mol. The summed E-state index contributed by atoms with van der Waals surface area (Å²) in [6, 6.07) is 11.5. The molecule has 1 aromatic heterocycles. The largest absolute Gasteiger partial charge is 0.432 e. The lowest BCUT2D eigenvalue weighted by Gasteiger charge is -2.39. The highest BCUT2D eigenvalue weighted by molar-refractivity contribution is 6.37. The van der Waals surface area contributed by atoms with Crippen LogP contribution in [0, 0.1) is 6.92 Å². The van der Waals surface area contributed by atoms with Crippen LogP contribution >= 0.6 is 11.6 Å². The van der Waals surface area contributed by atoms with Crippen LogP contribution in [0.25, 0.3) is 0 Å². The monoisotopic (exact) mass is 526 g/mol. The van der Waals surface area contributed by atoms with Crippen LogP contribution in [-0.2, 0) is 21.0 Å². The highest BCUT2D eigenvalue weighted by atomic mass is 35.5. The van der Waals surface area contributed by atoms with Crippen LogP contribution < -0.4 is 10.2 Å². The van der Waals surface area contributed by atoms with E-state index in [1.54, 1.807) is 23.2 Å². The minimum Gasteiger partial charge on any atom is -0.362 e. The minimum absolute atomic E-state index is 0.00305. The van der Waals surface area contributed by atoms with E-state index in [0.29, 0.717) is 56.4 Å². The number of pyridine rings is 1. The summed E-state index contributed by atoms with van der Waals surface area (Å²) in [7, 11) is 0. The summed E-state index contributed by atoms with van der Waals surface area (Å²) in [6.07, 6.45) is 5.11. The molecule has 3 aliphatic rings. The van der Waals surface area contributed by atoms with Crippen molar-refractivity contribution >= 4 is 35.3 Å². The number of piperazine rings is 1. The van der Waals surface area contributed by atoms with E-state index in [4.69, 9.17) is 21.3 Å². The van der Waals surface area contributed by atoms with Gasteiger partial charge < -0.3 is 24.8 Å². The second kappa shape index (κ2) is 10.8. The lowest BCUT2D eigenvalue weighted by molar-refractivity contribution is -0.227. The molecule has 1 aromatic carbocycles. The number of hydrogen-bond donors (Lipinski definition) is 1. The third kappa shape index (κ3) is 5.44. The van der Waals surface area contributed by atoms with E-state index in [-0.39, 0.29) is 11.7 Å². The molecule has 2 aromatic rings. The zero-order valence-corrected chi connectivity index (χ0v) is 21.6. The Morgan fingerprint density at radius 3 is 2.51 bits per heavy atom. The number of carbonyl (C=O) groups is 2. The van der Waals surface area contributed by atoms with Crippen LogP contribution in [0.1, 0.15) is 43.2 Å². The smallest absolute Gasteiger partial charge is 0.362 e. The molecule has 2 aliphatic heterocycles. The van der Waals surface area contributed by atoms with E-state index >= 15 is 0 Å². The summed E-state index contributed by atoms with van der Waals surface area (Å²) in [4.78, 5) is 46.0. The average molecular weight is 527 g/mol. The van der Waals surface area contributed by atoms with Crippen molar-refractivity contribution in [3.8, 4) is 0 Å². The molecular formula is C26H31ClN6O4. The number of anilines is 1. The number of rotatable bonds is 5. The molecule has 2 fully saturated rings. The van der Waals surface area contributed by atoms with Crippen LogP contribution in [0.4, 0.5) is 10.6 Å². The summed E-state index contributed by atoms with van der Waals surface area (Å²) in [5.41, 5.74) is 1.14. The number of hydrogen-bond acceptors (Lipinski definition) is 8. The van der Waals surface area contributed by atoms with E-state index in [1.165, 1.54) is 5.06 Å². The summed E-state index contributed by atoms with van der Waals surface area (Å²) < 4.78 is 0. The first-order valence-electron chi connectivity index (χ1n) is 12.7.